The summed E-state index contributed by atoms with van der Waals surface area (Å²) in [5.41, 5.74) is 2.22. The van der Waals surface area contributed by atoms with Crippen LogP contribution in [0.3, 0.4) is 0 Å². The molecule has 0 fully saturated rings. The fourth-order valence-electron chi connectivity index (χ4n) is 3.65. The van der Waals surface area contributed by atoms with Crippen molar-refractivity contribution in [2.45, 2.75) is 33.7 Å². The summed E-state index contributed by atoms with van der Waals surface area (Å²) in [6.45, 7) is 6.19. The standard InChI is InChI=1S/C21H25N2O6P/c1-4-28-30(27,29-5-2)12-6-11-22-20-9-7-16(15(3)24)13-18(20)19-14-17(23(25)26)8-10-21(19)22/h7-10,13-14H,4-6,11-12H2,1-3H3. The van der Waals surface area contributed by atoms with Crippen molar-refractivity contribution >= 4 is 40.9 Å². The van der Waals surface area contributed by atoms with Gasteiger partial charge in [-0.1, -0.05) is 0 Å². The summed E-state index contributed by atoms with van der Waals surface area (Å²) in [5.74, 6) is -0.0717. The van der Waals surface area contributed by atoms with Gasteiger partial charge in [-0.25, -0.2) is 0 Å². The highest BCUT2D eigenvalue weighted by Gasteiger charge is 2.23. The molecule has 0 spiro atoms. The molecule has 0 N–H and O–H groups in total. The van der Waals surface area contributed by atoms with Crippen LogP contribution in [0.25, 0.3) is 21.8 Å². The van der Waals surface area contributed by atoms with Gasteiger partial charge < -0.3 is 13.6 Å². The highest BCUT2D eigenvalue weighted by Crippen LogP contribution is 2.48. The predicted molar refractivity (Wildman–Crippen MR) is 116 cm³/mol. The maximum Gasteiger partial charge on any atom is 0.330 e. The molecule has 0 saturated heterocycles. The summed E-state index contributed by atoms with van der Waals surface area (Å²) in [7, 11) is -3.15. The van der Waals surface area contributed by atoms with Gasteiger partial charge in [0.05, 0.1) is 24.3 Å². The second-order valence-electron chi connectivity index (χ2n) is 6.92. The van der Waals surface area contributed by atoms with E-state index in [1.165, 1.54) is 19.1 Å². The first-order valence-corrected chi connectivity index (χ1v) is 11.6. The number of aryl methyl sites for hydroxylation is 1. The summed E-state index contributed by atoms with van der Waals surface area (Å²) in [6.07, 6.45) is 0.815. The first kappa shape index (κ1) is 22.2. The van der Waals surface area contributed by atoms with Crippen LogP contribution in [0.15, 0.2) is 36.4 Å². The number of nitro groups is 1. The van der Waals surface area contributed by atoms with E-state index in [2.05, 4.69) is 0 Å². The van der Waals surface area contributed by atoms with E-state index >= 15 is 0 Å². The Morgan fingerprint density at radius 3 is 2.23 bits per heavy atom. The number of benzene rings is 2. The van der Waals surface area contributed by atoms with Crippen molar-refractivity contribution in [3.63, 3.8) is 0 Å². The predicted octanol–water partition coefficient (Wildman–Crippen LogP) is 5.56. The van der Waals surface area contributed by atoms with Crippen LogP contribution < -0.4 is 0 Å². The molecular formula is C21H25N2O6P. The lowest BCUT2D eigenvalue weighted by Crippen LogP contribution is -2.05. The van der Waals surface area contributed by atoms with Gasteiger partial charge in [0.1, 0.15) is 0 Å². The molecule has 0 amide bonds. The molecule has 3 rings (SSSR count). The average molecular weight is 432 g/mol. The zero-order valence-electron chi connectivity index (χ0n) is 17.3. The summed E-state index contributed by atoms with van der Waals surface area (Å²) in [6, 6.07) is 10.1. The van der Waals surface area contributed by atoms with E-state index in [1.807, 2.05) is 10.6 Å². The van der Waals surface area contributed by atoms with Crippen molar-refractivity contribution in [3.8, 4) is 0 Å². The summed E-state index contributed by atoms with van der Waals surface area (Å²) < 4.78 is 25.5. The maximum atomic E-state index is 12.7. The number of nitro benzene ring substituents is 1. The van der Waals surface area contributed by atoms with Crippen molar-refractivity contribution in [2.24, 2.45) is 0 Å². The minimum absolute atomic E-state index is 0.00743. The zero-order chi connectivity index (χ0) is 21.9. The lowest BCUT2D eigenvalue weighted by Gasteiger charge is -2.17. The molecule has 0 unspecified atom stereocenters. The molecule has 0 bridgehead atoms. The van der Waals surface area contributed by atoms with Crippen LogP contribution in [0, 0.1) is 10.1 Å². The normalized spacial score (nSPS) is 12.0. The molecule has 9 heteroatoms. The zero-order valence-corrected chi connectivity index (χ0v) is 18.2. The monoisotopic (exact) mass is 432 g/mol. The number of fused-ring (bicyclic) bond motifs is 3. The maximum absolute atomic E-state index is 12.7. The van der Waals surface area contributed by atoms with E-state index < -0.39 is 12.5 Å². The van der Waals surface area contributed by atoms with Gasteiger partial charge >= 0.3 is 7.60 Å². The third-order valence-corrected chi connectivity index (χ3v) is 7.10. The number of carbonyl (C=O) groups excluding carboxylic acids is 1. The second-order valence-corrected chi connectivity index (χ2v) is 9.11. The van der Waals surface area contributed by atoms with E-state index in [0.717, 1.165) is 16.4 Å². The summed E-state index contributed by atoms with van der Waals surface area (Å²) in [4.78, 5) is 22.7. The van der Waals surface area contributed by atoms with Crippen LogP contribution in [0.1, 0.15) is 37.6 Å². The fraction of sp³-hybridized carbons (Fsp3) is 0.381. The van der Waals surface area contributed by atoms with Crippen molar-refractivity contribution in [1.29, 1.82) is 0 Å². The quantitative estimate of drug-likeness (QED) is 0.180. The SMILES string of the molecule is CCOP(=O)(CCCn1c2ccc(C(C)=O)cc2c2cc([N+](=O)[O-])ccc21)OCC. The Bertz CT molecular complexity index is 1070. The number of hydrogen-bond donors (Lipinski definition) is 0. The molecule has 0 atom stereocenters. The van der Waals surface area contributed by atoms with E-state index in [0.29, 0.717) is 37.1 Å². The van der Waals surface area contributed by atoms with E-state index in [4.69, 9.17) is 9.05 Å². The number of aromatic nitrogens is 1. The lowest BCUT2D eigenvalue weighted by molar-refractivity contribution is -0.384. The number of rotatable bonds is 10. The van der Waals surface area contributed by atoms with Crippen molar-refractivity contribution in [2.75, 3.05) is 19.4 Å². The number of carbonyl (C=O) groups is 1. The van der Waals surface area contributed by atoms with Gasteiger partial charge in [0, 0.05) is 46.0 Å². The molecule has 30 heavy (non-hydrogen) atoms. The van der Waals surface area contributed by atoms with Crippen LogP contribution in [-0.2, 0) is 20.2 Å². The van der Waals surface area contributed by atoms with Gasteiger partial charge in [-0.15, -0.1) is 0 Å². The highest BCUT2D eigenvalue weighted by atomic mass is 31.2. The Hall–Kier alpha value is -2.54. The van der Waals surface area contributed by atoms with E-state index in [-0.39, 0.29) is 17.6 Å². The van der Waals surface area contributed by atoms with E-state index in [1.54, 1.807) is 32.0 Å². The third kappa shape index (κ3) is 4.46. The first-order chi connectivity index (χ1) is 14.3. The average Bonchev–Trinajstić information content (AvgIpc) is 3.01. The smallest absolute Gasteiger partial charge is 0.330 e. The fourth-order valence-corrected chi connectivity index (χ4v) is 5.30. The van der Waals surface area contributed by atoms with Gasteiger partial charge in [-0.05, 0) is 51.5 Å². The molecule has 0 radical (unpaired) electrons. The molecule has 2 aromatic carbocycles. The Balaban J connectivity index is 2.03. The van der Waals surface area contributed by atoms with Gasteiger partial charge in [0.15, 0.2) is 5.78 Å². The van der Waals surface area contributed by atoms with Gasteiger partial charge in [-0.2, -0.15) is 0 Å². The third-order valence-electron chi connectivity index (χ3n) is 4.93. The minimum Gasteiger partial charge on any atom is -0.340 e. The molecule has 0 aliphatic carbocycles. The summed E-state index contributed by atoms with van der Waals surface area (Å²) in [5, 5.41) is 12.7. The van der Waals surface area contributed by atoms with Crippen LogP contribution >= 0.6 is 7.60 Å². The largest absolute Gasteiger partial charge is 0.340 e. The molecule has 1 heterocycles. The van der Waals surface area contributed by atoms with Crippen LogP contribution in [0.2, 0.25) is 0 Å². The lowest BCUT2D eigenvalue weighted by atomic mass is 10.1. The number of Topliss-reactive ketones (excluding diaryl/α,β-unsaturated/α-hetero) is 1. The molecule has 0 aliphatic rings. The van der Waals surface area contributed by atoms with Crippen LogP contribution in [-0.4, -0.2) is 34.6 Å². The first-order valence-electron chi connectivity index (χ1n) is 9.89. The Morgan fingerprint density at radius 1 is 1.07 bits per heavy atom. The number of hydrogen-bond acceptors (Lipinski definition) is 6. The van der Waals surface area contributed by atoms with Crippen LogP contribution in [0.5, 0.6) is 0 Å². The van der Waals surface area contributed by atoms with Gasteiger partial charge in [0.2, 0.25) is 0 Å². The molecule has 1 aromatic heterocycles. The number of ketones is 1. The highest BCUT2D eigenvalue weighted by molar-refractivity contribution is 7.53. The molecule has 8 nitrogen and oxygen atoms in total. The Kier molecular flexibility index (Phi) is 6.71. The van der Waals surface area contributed by atoms with Crippen LogP contribution in [0.4, 0.5) is 5.69 Å². The molecule has 0 aliphatic heterocycles. The van der Waals surface area contributed by atoms with Crippen molar-refractivity contribution in [3.05, 3.63) is 52.1 Å². The van der Waals surface area contributed by atoms with Gasteiger partial charge in [0.25, 0.3) is 5.69 Å². The van der Waals surface area contributed by atoms with E-state index in [9.17, 15) is 19.5 Å². The number of non-ortho nitro benzene ring substituents is 1. The van der Waals surface area contributed by atoms with Crippen molar-refractivity contribution < 1.29 is 23.3 Å². The molecule has 160 valence electrons. The minimum atomic E-state index is -3.15. The molecule has 0 saturated carbocycles. The Labute approximate surface area is 174 Å². The van der Waals surface area contributed by atoms with Crippen molar-refractivity contribution in [1.82, 2.24) is 4.57 Å². The van der Waals surface area contributed by atoms with Gasteiger partial charge in [-0.3, -0.25) is 19.5 Å². The Morgan fingerprint density at radius 2 is 1.67 bits per heavy atom. The summed E-state index contributed by atoms with van der Waals surface area (Å²) >= 11 is 0. The number of nitrogens with zero attached hydrogens (tertiary/aromatic N) is 2. The molecular weight excluding hydrogens is 407 g/mol. The topological polar surface area (TPSA) is 101 Å². The molecule has 3 aromatic rings. The second kappa shape index (κ2) is 9.08.